The summed E-state index contributed by atoms with van der Waals surface area (Å²) >= 11 is 2.01. The fourth-order valence-electron chi connectivity index (χ4n) is 3.10. The van der Waals surface area contributed by atoms with Gasteiger partial charge in [-0.25, -0.2) is 0 Å². The smallest absolute Gasteiger partial charge is 0.220 e. The van der Waals surface area contributed by atoms with Crippen LogP contribution in [0.4, 0.5) is 0 Å². The van der Waals surface area contributed by atoms with Crippen molar-refractivity contribution in [3.63, 3.8) is 0 Å². The summed E-state index contributed by atoms with van der Waals surface area (Å²) in [5.74, 6) is 2.54. The van der Waals surface area contributed by atoms with Crippen molar-refractivity contribution in [2.45, 2.75) is 32.4 Å². The molecule has 21 heavy (non-hydrogen) atoms. The number of carbonyl (C=O) groups excluding carboxylic acids is 1. The van der Waals surface area contributed by atoms with Crippen molar-refractivity contribution >= 4 is 17.7 Å². The molecule has 0 radical (unpaired) electrons. The largest absolute Gasteiger partial charge is 0.334 e. The van der Waals surface area contributed by atoms with Gasteiger partial charge in [0.15, 0.2) is 0 Å². The van der Waals surface area contributed by atoms with Gasteiger partial charge in [-0.2, -0.15) is 11.8 Å². The molecule has 2 aliphatic rings. The Morgan fingerprint density at radius 3 is 2.90 bits per heavy atom. The molecule has 2 aliphatic heterocycles. The maximum absolute atomic E-state index is 11.7. The lowest BCUT2D eigenvalue weighted by Crippen LogP contribution is -2.32. The summed E-state index contributed by atoms with van der Waals surface area (Å²) in [6, 6.07) is 0.117. The highest BCUT2D eigenvalue weighted by atomic mass is 32.2. The molecule has 1 aromatic heterocycles. The van der Waals surface area contributed by atoms with E-state index in [0.717, 1.165) is 50.4 Å². The van der Waals surface area contributed by atoms with Crippen molar-refractivity contribution in [2.75, 3.05) is 31.1 Å². The van der Waals surface area contributed by atoms with Gasteiger partial charge in [-0.1, -0.05) is 0 Å². The van der Waals surface area contributed by atoms with Crippen molar-refractivity contribution in [1.82, 2.24) is 19.8 Å². The summed E-state index contributed by atoms with van der Waals surface area (Å²) < 4.78 is 0. The monoisotopic (exact) mass is 306 g/mol. The second kappa shape index (κ2) is 6.75. The first-order valence-corrected chi connectivity index (χ1v) is 8.77. The van der Waals surface area contributed by atoms with Gasteiger partial charge < -0.3 is 4.90 Å². The molecule has 3 rings (SSSR count). The average molecular weight is 306 g/mol. The quantitative estimate of drug-likeness (QED) is 0.851. The molecule has 114 valence electrons. The number of amides is 1. The molecule has 0 aliphatic carbocycles. The van der Waals surface area contributed by atoms with Crippen molar-refractivity contribution in [3.05, 3.63) is 23.8 Å². The Morgan fingerprint density at radius 2 is 2.14 bits per heavy atom. The number of likely N-dealkylation sites (tertiary alicyclic amines) is 1. The van der Waals surface area contributed by atoms with Crippen LogP contribution in [0.2, 0.25) is 0 Å². The summed E-state index contributed by atoms with van der Waals surface area (Å²) in [5, 5.41) is 0. The van der Waals surface area contributed by atoms with Crippen molar-refractivity contribution < 1.29 is 4.79 Å². The van der Waals surface area contributed by atoms with Gasteiger partial charge in [-0.05, 0) is 12.8 Å². The van der Waals surface area contributed by atoms with E-state index in [4.69, 9.17) is 4.98 Å². The third kappa shape index (κ3) is 3.55. The summed E-state index contributed by atoms with van der Waals surface area (Å²) in [7, 11) is 0. The third-order valence-corrected chi connectivity index (χ3v) is 5.13. The zero-order valence-electron chi connectivity index (χ0n) is 12.5. The minimum absolute atomic E-state index is 0.117. The molecule has 0 spiro atoms. The Labute approximate surface area is 130 Å². The average Bonchev–Trinajstić information content (AvgIpc) is 2.98. The van der Waals surface area contributed by atoms with Crippen LogP contribution in [-0.2, 0) is 11.3 Å². The van der Waals surface area contributed by atoms with Gasteiger partial charge in [0.2, 0.25) is 5.91 Å². The Bertz CT molecular complexity index is 504. The second-order valence-electron chi connectivity index (χ2n) is 5.69. The van der Waals surface area contributed by atoms with Crippen molar-refractivity contribution in [3.8, 4) is 0 Å². The predicted molar refractivity (Wildman–Crippen MR) is 84.0 cm³/mol. The first kappa shape index (κ1) is 14.8. The van der Waals surface area contributed by atoms with Gasteiger partial charge in [0.1, 0.15) is 0 Å². The fourth-order valence-corrected chi connectivity index (χ4v) is 4.08. The van der Waals surface area contributed by atoms with Gasteiger partial charge in [0.05, 0.1) is 23.6 Å². The third-order valence-electron chi connectivity index (χ3n) is 4.19. The van der Waals surface area contributed by atoms with E-state index in [0.29, 0.717) is 0 Å². The van der Waals surface area contributed by atoms with Crippen LogP contribution in [0.5, 0.6) is 0 Å². The van der Waals surface area contributed by atoms with Gasteiger partial charge >= 0.3 is 0 Å². The number of rotatable bonds is 3. The lowest BCUT2D eigenvalue weighted by atomic mass is 10.1. The van der Waals surface area contributed by atoms with Crippen LogP contribution in [0, 0.1) is 0 Å². The highest BCUT2D eigenvalue weighted by Crippen LogP contribution is 2.30. The van der Waals surface area contributed by atoms with Crippen LogP contribution in [0.25, 0.3) is 0 Å². The van der Waals surface area contributed by atoms with Crippen LogP contribution < -0.4 is 0 Å². The molecule has 0 aromatic carbocycles. The molecule has 0 N–H and O–H groups in total. The minimum atomic E-state index is 0.117. The Kier molecular flexibility index (Phi) is 4.75. The lowest BCUT2D eigenvalue weighted by Gasteiger charge is -2.26. The summed E-state index contributed by atoms with van der Waals surface area (Å²) in [6.07, 6.45) is 5.73. The van der Waals surface area contributed by atoms with E-state index in [1.807, 2.05) is 29.1 Å². The van der Waals surface area contributed by atoms with Gasteiger partial charge in [0, 0.05) is 50.8 Å². The number of hydrogen-bond acceptors (Lipinski definition) is 5. The van der Waals surface area contributed by atoms with Crippen LogP contribution in [-0.4, -0.2) is 56.8 Å². The molecule has 3 heterocycles. The number of carbonyl (C=O) groups is 1. The number of hydrogen-bond donors (Lipinski definition) is 0. The van der Waals surface area contributed by atoms with E-state index in [1.165, 1.54) is 11.5 Å². The molecule has 0 unspecified atom stereocenters. The molecule has 5 nitrogen and oxygen atoms in total. The Morgan fingerprint density at radius 1 is 1.33 bits per heavy atom. The zero-order chi connectivity index (χ0) is 14.7. The first-order chi connectivity index (χ1) is 10.2. The van der Waals surface area contributed by atoms with Crippen LogP contribution in [0.15, 0.2) is 12.4 Å². The number of nitrogens with zero attached hydrogens (tertiary/aromatic N) is 4. The highest BCUT2D eigenvalue weighted by Gasteiger charge is 2.29. The maximum atomic E-state index is 11.7. The van der Waals surface area contributed by atoms with E-state index in [-0.39, 0.29) is 11.9 Å². The molecule has 6 heteroatoms. The van der Waals surface area contributed by atoms with Crippen LogP contribution in [0.1, 0.15) is 37.2 Å². The van der Waals surface area contributed by atoms with Crippen molar-refractivity contribution in [2.24, 2.45) is 0 Å². The number of aromatic nitrogens is 2. The normalized spacial score (nSPS) is 23.5. The first-order valence-electron chi connectivity index (χ1n) is 7.62. The molecule has 1 amide bonds. The Balaban J connectivity index is 1.71. The van der Waals surface area contributed by atoms with Gasteiger partial charge in [0.25, 0.3) is 0 Å². The molecule has 2 saturated heterocycles. The molecule has 1 aromatic rings. The molecular formula is C15H22N4OS. The molecular weight excluding hydrogens is 284 g/mol. The summed E-state index contributed by atoms with van der Waals surface area (Å²) in [4.78, 5) is 25.2. The maximum Gasteiger partial charge on any atom is 0.220 e. The molecule has 0 bridgehead atoms. The van der Waals surface area contributed by atoms with Gasteiger partial charge in [-0.15, -0.1) is 0 Å². The summed E-state index contributed by atoms with van der Waals surface area (Å²) in [5.41, 5.74) is 1.97. The van der Waals surface area contributed by atoms with E-state index in [2.05, 4.69) is 9.88 Å². The van der Waals surface area contributed by atoms with E-state index < -0.39 is 0 Å². The lowest BCUT2D eigenvalue weighted by molar-refractivity contribution is -0.129. The van der Waals surface area contributed by atoms with E-state index in [9.17, 15) is 4.79 Å². The predicted octanol–water partition coefficient (Wildman–Crippen LogP) is 1.71. The number of thioether (sulfide) groups is 1. The SMILES string of the molecule is CC(=O)N1CCC[C@@H]1c1cncc(CN2CCSCC2)n1. The molecule has 0 saturated carbocycles. The summed E-state index contributed by atoms with van der Waals surface area (Å²) in [6.45, 7) is 5.60. The van der Waals surface area contributed by atoms with Crippen LogP contribution in [0.3, 0.4) is 0 Å². The van der Waals surface area contributed by atoms with Crippen LogP contribution >= 0.6 is 11.8 Å². The minimum Gasteiger partial charge on any atom is -0.334 e. The molecule has 2 fully saturated rings. The van der Waals surface area contributed by atoms with E-state index >= 15 is 0 Å². The van der Waals surface area contributed by atoms with Gasteiger partial charge in [-0.3, -0.25) is 19.7 Å². The zero-order valence-corrected chi connectivity index (χ0v) is 13.3. The molecule has 1 atom stereocenters. The van der Waals surface area contributed by atoms with Crippen molar-refractivity contribution in [1.29, 1.82) is 0 Å². The van der Waals surface area contributed by atoms with E-state index in [1.54, 1.807) is 6.92 Å². The highest BCUT2D eigenvalue weighted by molar-refractivity contribution is 7.99. The standard InChI is InChI=1S/C15H22N4OS/c1-12(20)19-4-2-3-15(19)14-10-16-9-13(17-14)11-18-5-7-21-8-6-18/h9-10,15H,2-8,11H2,1H3/t15-/m1/s1. The second-order valence-corrected chi connectivity index (χ2v) is 6.92. The Hall–Kier alpha value is -1.14. The topological polar surface area (TPSA) is 49.3 Å². The fraction of sp³-hybridized carbons (Fsp3) is 0.667.